The van der Waals surface area contributed by atoms with Gasteiger partial charge in [0.1, 0.15) is 0 Å². The monoisotopic (exact) mass is 322 g/mol. The third kappa shape index (κ3) is 4.44. The van der Waals surface area contributed by atoms with E-state index in [1.807, 2.05) is 9.80 Å². The van der Waals surface area contributed by atoms with Crippen molar-refractivity contribution in [2.75, 3.05) is 58.9 Å². The second-order valence-corrected chi connectivity index (χ2v) is 7.05. The highest BCUT2D eigenvalue weighted by atomic mass is 16.2. The number of hydrogen-bond donors (Lipinski definition) is 1. The van der Waals surface area contributed by atoms with Crippen LogP contribution in [-0.2, 0) is 9.59 Å². The average molecular weight is 322 g/mol. The molecule has 2 amide bonds. The van der Waals surface area contributed by atoms with Gasteiger partial charge in [-0.3, -0.25) is 9.59 Å². The Hall–Kier alpha value is -1.14. The number of likely N-dealkylation sites (tertiary alicyclic amines) is 2. The predicted octanol–water partition coefficient (Wildman–Crippen LogP) is 0.143. The van der Waals surface area contributed by atoms with E-state index in [-0.39, 0.29) is 11.8 Å². The summed E-state index contributed by atoms with van der Waals surface area (Å²) in [7, 11) is 0. The maximum absolute atomic E-state index is 12.5. The summed E-state index contributed by atoms with van der Waals surface area (Å²) in [6, 6.07) is 0. The standard InChI is InChI=1S/C17H30N4O2/c22-16(20-12-6-18-7-13-20)5-11-19-8-3-4-15(14-19)17(23)21-9-1-2-10-21/h15,18H,1-14H2. The molecule has 6 heteroatoms. The van der Waals surface area contributed by atoms with Gasteiger partial charge in [0.2, 0.25) is 11.8 Å². The molecule has 3 fully saturated rings. The average Bonchev–Trinajstić information content (AvgIpc) is 3.14. The van der Waals surface area contributed by atoms with Crippen molar-refractivity contribution in [1.82, 2.24) is 20.0 Å². The van der Waals surface area contributed by atoms with Gasteiger partial charge in [-0.1, -0.05) is 0 Å². The highest BCUT2D eigenvalue weighted by molar-refractivity contribution is 5.79. The van der Waals surface area contributed by atoms with Gasteiger partial charge in [-0.05, 0) is 32.2 Å². The minimum atomic E-state index is 0.149. The van der Waals surface area contributed by atoms with Gasteiger partial charge in [0.05, 0.1) is 5.92 Å². The Balaban J connectivity index is 1.43. The first-order valence-electron chi connectivity index (χ1n) is 9.23. The molecule has 3 rings (SSSR count). The summed E-state index contributed by atoms with van der Waals surface area (Å²) in [5.41, 5.74) is 0. The summed E-state index contributed by atoms with van der Waals surface area (Å²) in [4.78, 5) is 31.1. The lowest BCUT2D eigenvalue weighted by Crippen LogP contribution is -2.48. The Morgan fingerprint density at radius 1 is 0.913 bits per heavy atom. The molecule has 3 aliphatic rings. The molecule has 0 saturated carbocycles. The number of hydrogen-bond acceptors (Lipinski definition) is 4. The van der Waals surface area contributed by atoms with Crippen LogP contribution in [0.15, 0.2) is 0 Å². The second-order valence-electron chi connectivity index (χ2n) is 7.05. The molecule has 6 nitrogen and oxygen atoms in total. The van der Waals surface area contributed by atoms with Crippen molar-refractivity contribution in [3.05, 3.63) is 0 Å². The molecule has 3 saturated heterocycles. The number of piperazine rings is 1. The number of nitrogens with one attached hydrogen (secondary N) is 1. The number of amides is 2. The zero-order valence-electron chi connectivity index (χ0n) is 14.1. The maximum Gasteiger partial charge on any atom is 0.226 e. The summed E-state index contributed by atoms with van der Waals surface area (Å²) in [6.07, 6.45) is 4.98. The zero-order valence-corrected chi connectivity index (χ0v) is 14.1. The van der Waals surface area contributed by atoms with E-state index in [9.17, 15) is 9.59 Å². The minimum Gasteiger partial charge on any atom is -0.342 e. The van der Waals surface area contributed by atoms with Crippen molar-refractivity contribution < 1.29 is 9.59 Å². The molecular weight excluding hydrogens is 292 g/mol. The zero-order chi connectivity index (χ0) is 16.1. The molecule has 3 heterocycles. The lowest BCUT2D eigenvalue weighted by Gasteiger charge is -2.34. The molecule has 0 aliphatic carbocycles. The van der Waals surface area contributed by atoms with E-state index in [2.05, 4.69) is 10.2 Å². The van der Waals surface area contributed by atoms with E-state index >= 15 is 0 Å². The van der Waals surface area contributed by atoms with Crippen LogP contribution in [0.1, 0.15) is 32.1 Å². The predicted molar refractivity (Wildman–Crippen MR) is 89.0 cm³/mol. The van der Waals surface area contributed by atoms with Crippen molar-refractivity contribution in [3.8, 4) is 0 Å². The van der Waals surface area contributed by atoms with Crippen molar-refractivity contribution in [1.29, 1.82) is 0 Å². The van der Waals surface area contributed by atoms with E-state index in [1.165, 1.54) is 0 Å². The summed E-state index contributed by atoms with van der Waals surface area (Å²) >= 11 is 0. The SMILES string of the molecule is O=C(CCN1CCCC(C(=O)N2CCCC2)C1)N1CCNCC1. The van der Waals surface area contributed by atoms with Gasteiger partial charge >= 0.3 is 0 Å². The largest absolute Gasteiger partial charge is 0.342 e. The van der Waals surface area contributed by atoms with Crippen LogP contribution in [0.25, 0.3) is 0 Å². The van der Waals surface area contributed by atoms with Crippen LogP contribution >= 0.6 is 0 Å². The van der Waals surface area contributed by atoms with Crippen LogP contribution in [0.5, 0.6) is 0 Å². The van der Waals surface area contributed by atoms with E-state index in [0.717, 1.165) is 84.6 Å². The number of carbonyl (C=O) groups is 2. The Labute approximate surface area is 139 Å². The first-order chi connectivity index (χ1) is 11.2. The summed E-state index contributed by atoms with van der Waals surface area (Å²) in [5.74, 6) is 0.760. The lowest BCUT2D eigenvalue weighted by atomic mass is 9.96. The fourth-order valence-corrected chi connectivity index (χ4v) is 3.98. The lowest BCUT2D eigenvalue weighted by molar-refractivity contribution is -0.136. The van der Waals surface area contributed by atoms with Gasteiger partial charge in [0, 0.05) is 58.8 Å². The summed E-state index contributed by atoms with van der Waals surface area (Å²) < 4.78 is 0. The van der Waals surface area contributed by atoms with E-state index < -0.39 is 0 Å². The molecule has 1 unspecified atom stereocenters. The van der Waals surface area contributed by atoms with Gasteiger partial charge in [-0.2, -0.15) is 0 Å². The van der Waals surface area contributed by atoms with Crippen LogP contribution in [0.2, 0.25) is 0 Å². The van der Waals surface area contributed by atoms with Crippen molar-refractivity contribution in [3.63, 3.8) is 0 Å². The molecule has 130 valence electrons. The van der Waals surface area contributed by atoms with E-state index in [1.54, 1.807) is 0 Å². The van der Waals surface area contributed by atoms with Gasteiger partial charge in [0.15, 0.2) is 0 Å². The third-order valence-corrected chi connectivity index (χ3v) is 5.38. The fraction of sp³-hybridized carbons (Fsp3) is 0.882. The minimum absolute atomic E-state index is 0.149. The molecule has 23 heavy (non-hydrogen) atoms. The normalized spacial score (nSPS) is 26.5. The second kappa shape index (κ2) is 8.11. The number of carbonyl (C=O) groups excluding carboxylic acids is 2. The fourth-order valence-electron chi connectivity index (χ4n) is 3.98. The third-order valence-electron chi connectivity index (χ3n) is 5.38. The quantitative estimate of drug-likeness (QED) is 0.800. The number of rotatable bonds is 4. The van der Waals surface area contributed by atoms with Crippen molar-refractivity contribution in [2.24, 2.45) is 5.92 Å². The van der Waals surface area contributed by atoms with Crippen LogP contribution in [0.3, 0.4) is 0 Å². The van der Waals surface area contributed by atoms with E-state index in [0.29, 0.717) is 12.3 Å². The van der Waals surface area contributed by atoms with E-state index in [4.69, 9.17) is 0 Å². The molecular formula is C17H30N4O2. The summed E-state index contributed by atoms with van der Waals surface area (Å²) in [5, 5.41) is 3.27. The summed E-state index contributed by atoms with van der Waals surface area (Å²) in [6.45, 7) is 8.01. The number of nitrogens with zero attached hydrogens (tertiary/aromatic N) is 3. The highest BCUT2D eigenvalue weighted by Gasteiger charge is 2.30. The van der Waals surface area contributed by atoms with Gasteiger partial charge in [0.25, 0.3) is 0 Å². The molecule has 0 aromatic rings. The molecule has 1 atom stereocenters. The number of piperidine rings is 1. The highest BCUT2D eigenvalue weighted by Crippen LogP contribution is 2.21. The van der Waals surface area contributed by atoms with Crippen LogP contribution < -0.4 is 5.32 Å². The molecule has 0 radical (unpaired) electrons. The topological polar surface area (TPSA) is 55.9 Å². The Morgan fingerprint density at radius 3 is 2.39 bits per heavy atom. The molecule has 0 spiro atoms. The van der Waals surface area contributed by atoms with Crippen LogP contribution in [0.4, 0.5) is 0 Å². The maximum atomic E-state index is 12.5. The Kier molecular flexibility index (Phi) is 5.89. The molecule has 0 bridgehead atoms. The van der Waals surface area contributed by atoms with Crippen molar-refractivity contribution in [2.45, 2.75) is 32.1 Å². The molecule has 0 aromatic carbocycles. The van der Waals surface area contributed by atoms with Crippen LogP contribution in [-0.4, -0.2) is 85.4 Å². The smallest absolute Gasteiger partial charge is 0.226 e. The molecule has 3 aliphatic heterocycles. The van der Waals surface area contributed by atoms with Gasteiger partial charge in [-0.15, -0.1) is 0 Å². The van der Waals surface area contributed by atoms with Crippen LogP contribution in [0, 0.1) is 5.92 Å². The van der Waals surface area contributed by atoms with Gasteiger partial charge < -0.3 is 20.0 Å². The first-order valence-corrected chi connectivity index (χ1v) is 9.23. The first kappa shape index (κ1) is 16.7. The Bertz CT molecular complexity index is 417. The Morgan fingerprint density at radius 2 is 1.65 bits per heavy atom. The molecule has 1 N–H and O–H groups in total. The van der Waals surface area contributed by atoms with Crippen molar-refractivity contribution >= 4 is 11.8 Å². The van der Waals surface area contributed by atoms with Gasteiger partial charge in [-0.25, -0.2) is 0 Å². The molecule has 0 aromatic heterocycles.